The van der Waals surface area contributed by atoms with Gasteiger partial charge in [-0.2, -0.15) is 0 Å². The number of alkyl halides is 1. The fraction of sp³-hybridized carbons (Fsp3) is 0.200. The standard InChI is InChI=1S/C10H7ClFNO3/c11-3-8(14)5-1-6(12)10-7(2-5)13-9(15)4-16-10/h1-2H,3-4H2,(H,13,15). The van der Waals surface area contributed by atoms with E-state index in [1.54, 1.807) is 0 Å². The molecule has 1 heterocycles. The summed E-state index contributed by atoms with van der Waals surface area (Å²) in [6.45, 7) is -0.229. The summed E-state index contributed by atoms with van der Waals surface area (Å²) in [6, 6.07) is 2.39. The second kappa shape index (κ2) is 4.09. The van der Waals surface area contributed by atoms with Gasteiger partial charge in [0.25, 0.3) is 5.91 Å². The Hall–Kier alpha value is -1.62. The minimum absolute atomic E-state index is 0.0503. The molecule has 6 heteroatoms. The van der Waals surface area contributed by atoms with E-state index in [2.05, 4.69) is 5.32 Å². The average molecular weight is 244 g/mol. The number of fused-ring (bicyclic) bond motifs is 1. The third kappa shape index (κ3) is 1.86. The molecule has 1 aliphatic heterocycles. The second-order valence-electron chi connectivity index (χ2n) is 3.23. The zero-order valence-electron chi connectivity index (χ0n) is 8.05. The molecular weight excluding hydrogens is 237 g/mol. The molecule has 0 atom stereocenters. The molecule has 0 radical (unpaired) electrons. The van der Waals surface area contributed by atoms with Gasteiger partial charge in [-0.05, 0) is 12.1 Å². The fourth-order valence-corrected chi connectivity index (χ4v) is 1.55. The third-order valence-corrected chi connectivity index (χ3v) is 2.35. The third-order valence-electron chi connectivity index (χ3n) is 2.11. The van der Waals surface area contributed by atoms with Crippen molar-refractivity contribution in [2.75, 3.05) is 17.8 Å². The lowest BCUT2D eigenvalue weighted by Crippen LogP contribution is -2.26. The summed E-state index contributed by atoms with van der Waals surface area (Å²) >= 11 is 5.36. The van der Waals surface area contributed by atoms with Crippen molar-refractivity contribution >= 4 is 29.0 Å². The van der Waals surface area contributed by atoms with Gasteiger partial charge in [0.2, 0.25) is 0 Å². The molecule has 0 unspecified atom stereocenters. The molecular formula is C10H7ClFNO3. The quantitative estimate of drug-likeness (QED) is 0.634. The number of benzene rings is 1. The first kappa shape index (κ1) is 10.9. The number of carbonyl (C=O) groups is 2. The molecule has 0 bridgehead atoms. The molecule has 0 aromatic heterocycles. The van der Waals surface area contributed by atoms with Gasteiger partial charge >= 0.3 is 0 Å². The Kier molecular flexibility index (Phi) is 2.78. The highest BCUT2D eigenvalue weighted by molar-refractivity contribution is 6.30. The number of nitrogens with one attached hydrogen (secondary N) is 1. The van der Waals surface area contributed by atoms with Crippen molar-refractivity contribution in [3.63, 3.8) is 0 Å². The Bertz CT molecular complexity index is 475. The van der Waals surface area contributed by atoms with Crippen LogP contribution in [0.4, 0.5) is 10.1 Å². The highest BCUT2D eigenvalue weighted by Crippen LogP contribution is 2.32. The van der Waals surface area contributed by atoms with E-state index in [9.17, 15) is 14.0 Å². The normalized spacial score (nSPS) is 13.8. The summed E-state index contributed by atoms with van der Waals surface area (Å²) < 4.78 is 18.4. The van der Waals surface area contributed by atoms with Gasteiger partial charge in [-0.25, -0.2) is 4.39 Å². The van der Waals surface area contributed by atoms with Crippen molar-refractivity contribution in [3.8, 4) is 5.75 Å². The summed E-state index contributed by atoms with van der Waals surface area (Å²) in [4.78, 5) is 22.3. The lowest BCUT2D eigenvalue weighted by molar-refractivity contribution is -0.118. The molecule has 1 amide bonds. The maximum absolute atomic E-state index is 13.5. The molecule has 2 rings (SSSR count). The van der Waals surface area contributed by atoms with E-state index in [1.165, 1.54) is 6.07 Å². The lowest BCUT2D eigenvalue weighted by atomic mass is 10.1. The predicted molar refractivity (Wildman–Crippen MR) is 55.6 cm³/mol. The fourth-order valence-electron chi connectivity index (χ4n) is 1.40. The highest BCUT2D eigenvalue weighted by atomic mass is 35.5. The van der Waals surface area contributed by atoms with Crippen molar-refractivity contribution in [3.05, 3.63) is 23.5 Å². The Balaban J connectivity index is 2.47. The number of carbonyl (C=O) groups excluding carboxylic acids is 2. The van der Waals surface area contributed by atoms with Crippen molar-refractivity contribution in [1.82, 2.24) is 0 Å². The van der Waals surface area contributed by atoms with Crippen molar-refractivity contribution in [2.45, 2.75) is 0 Å². The predicted octanol–water partition coefficient (Wildman–Crippen LogP) is 1.58. The maximum atomic E-state index is 13.5. The van der Waals surface area contributed by atoms with Gasteiger partial charge in [0.05, 0.1) is 11.6 Å². The minimum Gasteiger partial charge on any atom is -0.478 e. The highest BCUT2D eigenvalue weighted by Gasteiger charge is 2.21. The number of hydrogen-bond donors (Lipinski definition) is 1. The van der Waals surface area contributed by atoms with Crippen LogP contribution in [0, 0.1) is 5.82 Å². The van der Waals surface area contributed by atoms with E-state index in [0.717, 1.165) is 6.07 Å². The number of Topliss-reactive ketones (excluding diaryl/α,β-unsaturated/α-hetero) is 1. The second-order valence-corrected chi connectivity index (χ2v) is 3.50. The molecule has 1 aromatic rings. The molecule has 0 spiro atoms. The SMILES string of the molecule is O=C1COc2c(F)cc(C(=O)CCl)cc2N1. The summed E-state index contributed by atoms with van der Waals surface area (Å²) in [5.41, 5.74) is 0.266. The summed E-state index contributed by atoms with van der Waals surface area (Å²) in [7, 11) is 0. The molecule has 0 saturated heterocycles. The zero-order valence-corrected chi connectivity index (χ0v) is 8.81. The summed E-state index contributed by atoms with van der Waals surface area (Å²) in [5.74, 6) is -1.78. The van der Waals surface area contributed by atoms with Gasteiger partial charge in [0.1, 0.15) is 0 Å². The smallest absolute Gasteiger partial charge is 0.262 e. The number of amides is 1. The summed E-state index contributed by atoms with van der Waals surface area (Å²) in [6.07, 6.45) is 0. The van der Waals surface area contributed by atoms with Gasteiger partial charge in [-0.15, -0.1) is 11.6 Å². The number of halogens is 2. The maximum Gasteiger partial charge on any atom is 0.262 e. The van der Waals surface area contributed by atoms with E-state index in [1.807, 2.05) is 0 Å². The Labute approximate surface area is 95.3 Å². The zero-order chi connectivity index (χ0) is 11.7. The summed E-state index contributed by atoms with van der Waals surface area (Å²) in [5, 5.41) is 2.42. The van der Waals surface area contributed by atoms with E-state index < -0.39 is 11.6 Å². The van der Waals surface area contributed by atoms with Crippen LogP contribution in [0.2, 0.25) is 0 Å². The number of hydrogen-bond acceptors (Lipinski definition) is 3. The van der Waals surface area contributed by atoms with Crippen LogP contribution in [0.25, 0.3) is 0 Å². The lowest BCUT2D eigenvalue weighted by Gasteiger charge is -2.18. The molecule has 1 N–H and O–H groups in total. The topological polar surface area (TPSA) is 55.4 Å². The van der Waals surface area contributed by atoms with E-state index in [0.29, 0.717) is 0 Å². The minimum atomic E-state index is -0.689. The van der Waals surface area contributed by atoms with Crippen LogP contribution in [0.3, 0.4) is 0 Å². The van der Waals surface area contributed by atoms with Crippen LogP contribution in [0.1, 0.15) is 10.4 Å². The van der Waals surface area contributed by atoms with Crippen LogP contribution in [-0.2, 0) is 4.79 Å². The van der Waals surface area contributed by atoms with Gasteiger partial charge in [0.15, 0.2) is 24.0 Å². The molecule has 0 saturated carbocycles. The van der Waals surface area contributed by atoms with Crippen molar-refractivity contribution < 1.29 is 18.7 Å². The molecule has 0 aliphatic carbocycles. The van der Waals surface area contributed by atoms with E-state index >= 15 is 0 Å². The van der Waals surface area contributed by atoms with Gasteiger partial charge in [-0.1, -0.05) is 0 Å². The molecule has 16 heavy (non-hydrogen) atoms. The number of anilines is 1. The first-order valence-corrected chi connectivity index (χ1v) is 5.00. The van der Waals surface area contributed by atoms with E-state index in [4.69, 9.17) is 16.3 Å². The van der Waals surface area contributed by atoms with Crippen molar-refractivity contribution in [2.24, 2.45) is 0 Å². The molecule has 1 aliphatic rings. The number of rotatable bonds is 2. The first-order valence-electron chi connectivity index (χ1n) is 4.47. The molecule has 0 fully saturated rings. The van der Waals surface area contributed by atoms with Gasteiger partial charge in [0, 0.05) is 5.56 Å². The molecule has 4 nitrogen and oxygen atoms in total. The van der Waals surface area contributed by atoms with E-state index in [-0.39, 0.29) is 35.4 Å². The van der Waals surface area contributed by atoms with Crippen LogP contribution in [0.15, 0.2) is 12.1 Å². The molecule has 84 valence electrons. The Morgan fingerprint density at radius 3 is 3.00 bits per heavy atom. The van der Waals surface area contributed by atoms with Crippen LogP contribution >= 0.6 is 11.6 Å². The van der Waals surface area contributed by atoms with Gasteiger partial charge in [-0.3, -0.25) is 9.59 Å². The average Bonchev–Trinajstić information content (AvgIpc) is 2.27. The first-order chi connectivity index (χ1) is 7.61. The van der Waals surface area contributed by atoms with Crippen LogP contribution in [-0.4, -0.2) is 24.2 Å². The van der Waals surface area contributed by atoms with Crippen molar-refractivity contribution in [1.29, 1.82) is 0 Å². The van der Waals surface area contributed by atoms with Crippen LogP contribution in [0.5, 0.6) is 5.75 Å². The monoisotopic (exact) mass is 243 g/mol. The number of ether oxygens (including phenoxy) is 1. The number of ketones is 1. The van der Waals surface area contributed by atoms with Gasteiger partial charge < -0.3 is 10.1 Å². The Morgan fingerprint density at radius 1 is 1.56 bits per heavy atom. The largest absolute Gasteiger partial charge is 0.478 e. The Morgan fingerprint density at radius 2 is 2.31 bits per heavy atom. The van der Waals surface area contributed by atoms with Crippen LogP contribution < -0.4 is 10.1 Å². The molecule has 1 aromatic carbocycles.